The number of rotatable bonds is 3. The highest BCUT2D eigenvalue weighted by molar-refractivity contribution is 9.11. The molecule has 1 aliphatic heterocycles. The Bertz CT molecular complexity index is 494. The van der Waals surface area contributed by atoms with Crippen molar-refractivity contribution in [2.45, 2.75) is 38.1 Å². The van der Waals surface area contributed by atoms with Gasteiger partial charge in [0.1, 0.15) is 5.75 Å². The first-order valence-electron chi connectivity index (χ1n) is 8.30. The molecule has 0 spiro atoms. The first-order chi connectivity index (χ1) is 10.7. The second kappa shape index (κ2) is 7.65. The Labute approximate surface area is 149 Å². The van der Waals surface area contributed by atoms with E-state index in [1.807, 2.05) is 6.07 Å². The maximum Gasteiger partial charge on any atom is 0.135 e. The minimum Gasteiger partial charge on any atom is -0.506 e. The maximum absolute atomic E-state index is 10.7. The number of benzene rings is 1. The number of phenols is 1. The number of hydrogen-bond acceptors (Lipinski definition) is 3. The molecule has 1 aliphatic carbocycles. The third-order valence-electron chi connectivity index (χ3n) is 5.05. The molecule has 1 aromatic carbocycles. The third kappa shape index (κ3) is 3.53. The number of hydrogen-bond donors (Lipinski definition) is 2. The Morgan fingerprint density at radius 1 is 1.05 bits per heavy atom. The Morgan fingerprint density at radius 3 is 2.36 bits per heavy atom. The van der Waals surface area contributed by atoms with Crippen LogP contribution in [0.3, 0.4) is 0 Å². The van der Waals surface area contributed by atoms with Gasteiger partial charge in [0, 0.05) is 42.3 Å². The average molecular weight is 432 g/mol. The number of aromatic hydroxyl groups is 1. The molecule has 0 aromatic heterocycles. The van der Waals surface area contributed by atoms with Gasteiger partial charge in [-0.25, -0.2) is 0 Å². The van der Waals surface area contributed by atoms with Crippen molar-refractivity contribution in [3.63, 3.8) is 0 Å². The highest BCUT2D eigenvalue weighted by atomic mass is 79.9. The van der Waals surface area contributed by atoms with Crippen LogP contribution in [0.4, 0.5) is 0 Å². The third-order valence-corrected chi connectivity index (χ3v) is 6.38. The zero-order chi connectivity index (χ0) is 15.5. The number of phenolic OH excluding ortho intramolecular Hbond substituents is 1. The van der Waals surface area contributed by atoms with Crippen LogP contribution in [-0.4, -0.2) is 36.2 Å². The Hall–Kier alpha value is -0.100. The van der Waals surface area contributed by atoms with Gasteiger partial charge in [-0.2, -0.15) is 0 Å². The van der Waals surface area contributed by atoms with Gasteiger partial charge in [-0.15, -0.1) is 0 Å². The van der Waals surface area contributed by atoms with Crippen LogP contribution >= 0.6 is 31.9 Å². The predicted octanol–water partition coefficient (Wildman–Crippen LogP) is 4.44. The molecule has 1 heterocycles. The summed E-state index contributed by atoms with van der Waals surface area (Å²) >= 11 is 7.19. The summed E-state index contributed by atoms with van der Waals surface area (Å²) in [6.07, 6.45) is 6.54. The lowest BCUT2D eigenvalue weighted by Gasteiger charge is -2.41. The van der Waals surface area contributed by atoms with E-state index in [0.717, 1.165) is 40.7 Å². The monoisotopic (exact) mass is 430 g/mol. The minimum atomic E-state index is 0.314. The summed E-state index contributed by atoms with van der Waals surface area (Å²) in [4.78, 5) is 2.57. The predicted molar refractivity (Wildman–Crippen MR) is 97.3 cm³/mol. The topological polar surface area (TPSA) is 35.5 Å². The number of nitrogens with zero attached hydrogens (tertiary/aromatic N) is 1. The zero-order valence-electron chi connectivity index (χ0n) is 12.8. The van der Waals surface area contributed by atoms with Crippen LogP contribution in [-0.2, 0) is 0 Å². The first kappa shape index (κ1) is 16.7. The normalized spacial score (nSPS) is 22.6. The van der Waals surface area contributed by atoms with Gasteiger partial charge >= 0.3 is 0 Å². The molecule has 122 valence electrons. The highest BCUT2D eigenvalue weighted by Gasteiger charge is 2.34. The number of halogens is 2. The van der Waals surface area contributed by atoms with Crippen molar-refractivity contribution >= 4 is 31.9 Å². The van der Waals surface area contributed by atoms with Crippen LogP contribution in [0.5, 0.6) is 5.75 Å². The van der Waals surface area contributed by atoms with Crippen LogP contribution in [0.15, 0.2) is 21.1 Å². The van der Waals surface area contributed by atoms with E-state index in [1.54, 1.807) is 0 Å². The lowest BCUT2D eigenvalue weighted by atomic mass is 9.80. The van der Waals surface area contributed by atoms with Gasteiger partial charge in [-0.05, 0) is 46.8 Å². The van der Waals surface area contributed by atoms with Crippen LogP contribution < -0.4 is 5.32 Å². The largest absolute Gasteiger partial charge is 0.506 e. The molecular formula is C17H24Br2N2O. The molecule has 2 aliphatic rings. The van der Waals surface area contributed by atoms with Crippen molar-refractivity contribution in [1.82, 2.24) is 10.2 Å². The zero-order valence-corrected chi connectivity index (χ0v) is 16.0. The molecule has 0 amide bonds. The van der Waals surface area contributed by atoms with E-state index in [1.165, 1.54) is 32.1 Å². The van der Waals surface area contributed by atoms with Gasteiger partial charge in [0.05, 0.1) is 4.47 Å². The van der Waals surface area contributed by atoms with Crippen LogP contribution in [0, 0.1) is 5.92 Å². The molecule has 3 nitrogen and oxygen atoms in total. The summed E-state index contributed by atoms with van der Waals surface area (Å²) in [7, 11) is 0. The fourth-order valence-electron chi connectivity index (χ4n) is 3.96. The number of nitrogens with one attached hydrogen (secondary N) is 1. The molecule has 5 heteroatoms. The Morgan fingerprint density at radius 2 is 1.68 bits per heavy atom. The van der Waals surface area contributed by atoms with E-state index in [9.17, 15) is 5.11 Å². The molecule has 1 atom stereocenters. The molecule has 0 bridgehead atoms. The second-order valence-corrected chi connectivity index (χ2v) is 8.13. The second-order valence-electron chi connectivity index (χ2n) is 6.42. The fraction of sp³-hybridized carbons (Fsp3) is 0.647. The molecule has 0 unspecified atom stereocenters. The Kier molecular flexibility index (Phi) is 5.82. The van der Waals surface area contributed by atoms with Crippen molar-refractivity contribution in [3.05, 3.63) is 26.6 Å². The SMILES string of the molecule is Oc1c(Br)ccc(Br)c1[C@@H](C1CCCCC1)N1CCNCC1. The lowest BCUT2D eigenvalue weighted by molar-refractivity contribution is 0.101. The van der Waals surface area contributed by atoms with Gasteiger partial charge in [0.2, 0.25) is 0 Å². The number of piperazine rings is 1. The summed E-state index contributed by atoms with van der Waals surface area (Å²) < 4.78 is 1.82. The van der Waals surface area contributed by atoms with Crippen LogP contribution in [0.2, 0.25) is 0 Å². The average Bonchev–Trinajstić information content (AvgIpc) is 2.57. The summed E-state index contributed by atoms with van der Waals surface area (Å²) in [5.74, 6) is 1.05. The van der Waals surface area contributed by atoms with E-state index in [-0.39, 0.29) is 0 Å². The minimum absolute atomic E-state index is 0.314. The highest BCUT2D eigenvalue weighted by Crippen LogP contribution is 2.46. The van der Waals surface area contributed by atoms with Gasteiger partial charge < -0.3 is 10.4 Å². The van der Waals surface area contributed by atoms with Crippen LogP contribution in [0.25, 0.3) is 0 Å². The van der Waals surface area contributed by atoms with Crippen molar-refractivity contribution < 1.29 is 5.11 Å². The molecule has 1 aromatic rings. The van der Waals surface area contributed by atoms with Gasteiger partial charge in [0.15, 0.2) is 0 Å². The molecule has 1 saturated carbocycles. The summed E-state index contributed by atoms with van der Waals surface area (Å²) in [6, 6.07) is 4.28. The lowest BCUT2D eigenvalue weighted by Crippen LogP contribution is -2.47. The summed E-state index contributed by atoms with van der Waals surface area (Å²) in [5, 5.41) is 14.1. The van der Waals surface area contributed by atoms with Crippen molar-refractivity contribution in [3.8, 4) is 5.75 Å². The molecule has 22 heavy (non-hydrogen) atoms. The van der Waals surface area contributed by atoms with E-state index in [0.29, 0.717) is 17.7 Å². The van der Waals surface area contributed by atoms with Gasteiger partial charge in [0.25, 0.3) is 0 Å². The van der Waals surface area contributed by atoms with E-state index in [4.69, 9.17) is 0 Å². The van der Waals surface area contributed by atoms with Gasteiger partial charge in [-0.3, -0.25) is 4.90 Å². The quantitative estimate of drug-likeness (QED) is 0.742. The van der Waals surface area contributed by atoms with E-state index < -0.39 is 0 Å². The smallest absolute Gasteiger partial charge is 0.135 e. The maximum atomic E-state index is 10.7. The fourth-order valence-corrected chi connectivity index (χ4v) is 4.87. The van der Waals surface area contributed by atoms with Gasteiger partial charge in [-0.1, -0.05) is 35.2 Å². The van der Waals surface area contributed by atoms with Crippen molar-refractivity contribution in [1.29, 1.82) is 0 Å². The molecule has 2 fully saturated rings. The molecule has 2 N–H and O–H groups in total. The molecule has 1 saturated heterocycles. The summed E-state index contributed by atoms with van der Waals surface area (Å²) in [6.45, 7) is 4.18. The van der Waals surface area contributed by atoms with Crippen molar-refractivity contribution in [2.75, 3.05) is 26.2 Å². The molecule has 3 rings (SSSR count). The molecular weight excluding hydrogens is 408 g/mol. The molecule has 0 radical (unpaired) electrons. The first-order valence-corrected chi connectivity index (χ1v) is 9.88. The van der Waals surface area contributed by atoms with E-state index >= 15 is 0 Å². The van der Waals surface area contributed by atoms with Crippen molar-refractivity contribution in [2.24, 2.45) is 5.92 Å². The Balaban J connectivity index is 1.98. The summed E-state index contributed by atoms with van der Waals surface area (Å²) in [5.41, 5.74) is 1.07. The standard InChI is InChI=1S/C17H24Br2N2O/c18-13-6-7-14(19)17(22)15(13)16(12-4-2-1-3-5-12)21-10-8-20-9-11-21/h6-7,12,16,20,22H,1-5,8-11H2/t16-/m1/s1. The van der Waals surface area contributed by atoms with Crippen LogP contribution in [0.1, 0.15) is 43.7 Å². The van der Waals surface area contributed by atoms with E-state index in [2.05, 4.69) is 48.1 Å².